The molecule has 0 radical (unpaired) electrons. The maximum Gasteiger partial charge on any atom is 0.274 e. The minimum absolute atomic E-state index is 0.230. The Bertz CT molecular complexity index is 1400. The van der Waals surface area contributed by atoms with Crippen LogP contribution in [-0.4, -0.2) is 15.7 Å². The lowest BCUT2D eigenvalue weighted by Crippen LogP contribution is -2.38. The van der Waals surface area contributed by atoms with Gasteiger partial charge in [0.25, 0.3) is 5.91 Å². The van der Waals surface area contributed by atoms with Crippen LogP contribution in [0, 0.1) is 19.8 Å². The summed E-state index contributed by atoms with van der Waals surface area (Å²) >= 11 is 0. The summed E-state index contributed by atoms with van der Waals surface area (Å²) in [5.41, 5.74) is 19.4. The SMILES string of the molecule is Cc1ccc(C(N)(CCC2CC2)c2cccc(NC(=O)c3cc(C)nn3-c3cccc(CN)c3)c2)cc1. The summed E-state index contributed by atoms with van der Waals surface area (Å²) in [7, 11) is 0. The monoisotopic (exact) mass is 493 g/mol. The summed E-state index contributed by atoms with van der Waals surface area (Å²) in [6, 6.07) is 26.0. The lowest BCUT2D eigenvalue weighted by atomic mass is 9.79. The Hall–Kier alpha value is -3.74. The van der Waals surface area contributed by atoms with Crippen LogP contribution in [0.2, 0.25) is 0 Å². The van der Waals surface area contributed by atoms with E-state index in [-0.39, 0.29) is 5.91 Å². The number of carbonyl (C=O) groups excluding carboxylic acids is 1. The fourth-order valence-corrected chi connectivity index (χ4v) is 4.89. The third kappa shape index (κ3) is 5.50. The largest absolute Gasteiger partial charge is 0.326 e. The molecule has 3 aromatic carbocycles. The van der Waals surface area contributed by atoms with Crippen LogP contribution in [0.5, 0.6) is 0 Å². The number of nitrogens with zero attached hydrogens (tertiary/aromatic N) is 2. The first-order valence-electron chi connectivity index (χ1n) is 13.0. The van der Waals surface area contributed by atoms with Crippen molar-refractivity contribution in [3.05, 3.63) is 113 Å². The first kappa shape index (κ1) is 24.9. The van der Waals surface area contributed by atoms with Gasteiger partial charge in [0.15, 0.2) is 0 Å². The lowest BCUT2D eigenvalue weighted by molar-refractivity contribution is 0.101. The summed E-state index contributed by atoms with van der Waals surface area (Å²) in [6.07, 6.45) is 4.55. The molecule has 1 aliphatic rings. The van der Waals surface area contributed by atoms with Crippen molar-refractivity contribution in [2.75, 3.05) is 5.32 Å². The molecule has 6 nitrogen and oxygen atoms in total. The van der Waals surface area contributed by atoms with Crippen LogP contribution < -0.4 is 16.8 Å². The second kappa shape index (κ2) is 10.3. The van der Waals surface area contributed by atoms with Crippen LogP contribution in [0.25, 0.3) is 5.69 Å². The van der Waals surface area contributed by atoms with Crippen LogP contribution in [0.4, 0.5) is 5.69 Å². The number of benzene rings is 3. The molecule has 0 saturated heterocycles. The molecule has 6 heteroatoms. The van der Waals surface area contributed by atoms with Gasteiger partial charge in [-0.2, -0.15) is 5.10 Å². The number of aryl methyl sites for hydroxylation is 2. The third-order valence-electron chi connectivity index (χ3n) is 7.30. The van der Waals surface area contributed by atoms with E-state index in [0.717, 1.165) is 46.8 Å². The summed E-state index contributed by atoms with van der Waals surface area (Å²) in [5, 5.41) is 7.64. The summed E-state index contributed by atoms with van der Waals surface area (Å²) in [4.78, 5) is 13.4. The van der Waals surface area contributed by atoms with Crippen LogP contribution in [0.3, 0.4) is 0 Å². The van der Waals surface area contributed by atoms with Gasteiger partial charge in [0, 0.05) is 12.2 Å². The van der Waals surface area contributed by atoms with Crippen molar-refractivity contribution in [1.82, 2.24) is 9.78 Å². The molecule has 5 rings (SSSR count). The predicted octanol–water partition coefficient (Wildman–Crippen LogP) is 5.59. The van der Waals surface area contributed by atoms with Crippen molar-refractivity contribution in [1.29, 1.82) is 0 Å². The van der Waals surface area contributed by atoms with Crippen molar-refractivity contribution in [2.24, 2.45) is 17.4 Å². The number of anilines is 1. The average Bonchev–Trinajstić information content (AvgIpc) is 3.66. The van der Waals surface area contributed by atoms with E-state index in [4.69, 9.17) is 11.5 Å². The van der Waals surface area contributed by atoms with Gasteiger partial charge in [-0.15, -0.1) is 0 Å². The number of hydrogen-bond donors (Lipinski definition) is 3. The molecule has 1 aliphatic carbocycles. The quantitative estimate of drug-likeness (QED) is 0.283. The minimum atomic E-state index is -0.627. The van der Waals surface area contributed by atoms with Crippen molar-refractivity contribution in [2.45, 2.75) is 51.6 Å². The van der Waals surface area contributed by atoms with Gasteiger partial charge in [-0.25, -0.2) is 4.68 Å². The molecule has 1 fully saturated rings. The zero-order valence-corrected chi connectivity index (χ0v) is 21.6. The number of hydrogen-bond acceptors (Lipinski definition) is 4. The third-order valence-corrected chi connectivity index (χ3v) is 7.30. The minimum Gasteiger partial charge on any atom is -0.326 e. The van der Waals surface area contributed by atoms with Gasteiger partial charge in [-0.1, -0.05) is 66.9 Å². The number of carbonyl (C=O) groups is 1. The van der Waals surface area contributed by atoms with Gasteiger partial charge in [0.2, 0.25) is 0 Å². The Balaban J connectivity index is 1.44. The normalized spacial score (nSPS) is 14.8. The molecule has 4 aromatic rings. The fourth-order valence-electron chi connectivity index (χ4n) is 4.89. The number of aromatic nitrogens is 2. The molecule has 0 bridgehead atoms. The lowest BCUT2D eigenvalue weighted by Gasteiger charge is -2.31. The first-order chi connectivity index (χ1) is 17.9. The second-order valence-electron chi connectivity index (χ2n) is 10.3. The molecule has 1 saturated carbocycles. The second-order valence-corrected chi connectivity index (χ2v) is 10.3. The Morgan fingerprint density at radius 3 is 2.49 bits per heavy atom. The van der Waals surface area contributed by atoms with E-state index in [2.05, 4.69) is 47.7 Å². The highest BCUT2D eigenvalue weighted by Crippen LogP contribution is 2.40. The molecule has 1 amide bonds. The average molecular weight is 494 g/mol. The number of nitrogens with one attached hydrogen (secondary N) is 1. The zero-order valence-electron chi connectivity index (χ0n) is 21.6. The smallest absolute Gasteiger partial charge is 0.274 e. The standard InChI is InChI=1S/C31H35N5O/c1-21-9-13-25(14-10-21)31(33,16-15-23-11-12-23)26-6-4-7-27(19-26)34-30(37)29-17-22(2)35-36(29)28-8-3-5-24(18-28)20-32/h3-10,13-14,17-19,23H,11-12,15-16,20,32-33H2,1-2H3,(H,34,37). The Morgan fingerprint density at radius 2 is 1.76 bits per heavy atom. The number of nitrogens with two attached hydrogens (primary N) is 2. The summed E-state index contributed by atoms with van der Waals surface area (Å²) in [6.45, 7) is 4.39. The zero-order chi connectivity index (χ0) is 26.0. The van der Waals surface area contributed by atoms with E-state index in [0.29, 0.717) is 17.9 Å². The number of rotatable bonds is 9. The van der Waals surface area contributed by atoms with E-state index >= 15 is 0 Å². The molecule has 1 unspecified atom stereocenters. The molecule has 190 valence electrons. The van der Waals surface area contributed by atoms with Crippen molar-refractivity contribution < 1.29 is 4.79 Å². The van der Waals surface area contributed by atoms with E-state index < -0.39 is 5.54 Å². The number of amides is 1. The van der Waals surface area contributed by atoms with Gasteiger partial charge < -0.3 is 16.8 Å². The van der Waals surface area contributed by atoms with Gasteiger partial charge in [-0.05, 0) is 79.6 Å². The van der Waals surface area contributed by atoms with Crippen molar-refractivity contribution in [3.8, 4) is 5.69 Å². The van der Waals surface area contributed by atoms with E-state index in [1.807, 2.05) is 49.4 Å². The van der Waals surface area contributed by atoms with Crippen molar-refractivity contribution >= 4 is 11.6 Å². The molecule has 1 atom stereocenters. The molecular weight excluding hydrogens is 458 g/mol. The van der Waals surface area contributed by atoms with E-state index in [1.165, 1.54) is 18.4 Å². The van der Waals surface area contributed by atoms with Gasteiger partial charge >= 0.3 is 0 Å². The Morgan fingerprint density at radius 1 is 1.00 bits per heavy atom. The van der Waals surface area contributed by atoms with E-state index in [9.17, 15) is 4.79 Å². The van der Waals surface area contributed by atoms with E-state index in [1.54, 1.807) is 10.7 Å². The van der Waals surface area contributed by atoms with Crippen LogP contribution in [0.1, 0.15) is 64.1 Å². The molecule has 5 N–H and O–H groups in total. The fraction of sp³-hybridized carbons (Fsp3) is 0.290. The molecule has 1 heterocycles. The van der Waals surface area contributed by atoms with Crippen LogP contribution >= 0.6 is 0 Å². The highest BCUT2D eigenvalue weighted by atomic mass is 16.2. The molecule has 0 spiro atoms. The van der Waals surface area contributed by atoms with Gasteiger partial charge in [0.1, 0.15) is 5.69 Å². The highest BCUT2D eigenvalue weighted by molar-refractivity contribution is 6.03. The maximum atomic E-state index is 13.4. The van der Waals surface area contributed by atoms with Gasteiger partial charge in [-0.3, -0.25) is 4.79 Å². The summed E-state index contributed by atoms with van der Waals surface area (Å²) < 4.78 is 1.67. The predicted molar refractivity (Wildman–Crippen MR) is 149 cm³/mol. The maximum absolute atomic E-state index is 13.4. The Labute approximate surface area is 218 Å². The Kier molecular flexibility index (Phi) is 6.96. The molecule has 1 aromatic heterocycles. The van der Waals surface area contributed by atoms with Gasteiger partial charge in [0.05, 0.1) is 16.9 Å². The molecular formula is C31H35N5O. The van der Waals surface area contributed by atoms with Crippen molar-refractivity contribution in [3.63, 3.8) is 0 Å². The van der Waals surface area contributed by atoms with Crippen LogP contribution in [-0.2, 0) is 12.1 Å². The molecule has 37 heavy (non-hydrogen) atoms. The summed E-state index contributed by atoms with van der Waals surface area (Å²) in [5.74, 6) is 0.546. The topological polar surface area (TPSA) is 99.0 Å². The van der Waals surface area contributed by atoms with Crippen LogP contribution in [0.15, 0.2) is 78.9 Å². The highest BCUT2D eigenvalue weighted by Gasteiger charge is 2.33. The first-order valence-corrected chi connectivity index (χ1v) is 13.0. The molecule has 0 aliphatic heterocycles.